The first-order chi connectivity index (χ1) is 19.9. The molecule has 3 aromatic rings. The molecule has 0 bridgehead atoms. The van der Waals surface area contributed by atoms with Gasteiger partial charge in [-0.25, -0.2) is 18.3 Å². The van der Waals surface area contributed by atoms with Crippen LogP contribution in [0, 0.1) is 17.6 Å². The van der Waals surface area contributed by atoms with Crippen LogP contribution < -0.4 is 21.3 Å². The normalized spacial score (nSPS) is 21.0. The SMILES string of the molecule is [B]C1([B])NC([B])([B])C([B])([B])N(C(=O)C2CCN(c3c(F)cncc3NC(=O)c3c(N)nn4cc(F)cnc34)CC2)C1([B])[B]. The van der Waals surface area contributed by atoms with Crippen LogP contribution in [0.5, 0.6) is 0 Å². The van der Waals surface area contributed by atoms with E-state index in [0.717, 1.165) is 23.1 Å². The minimum absolute atomic E-state index is 0.00398. The van der Waals surface area contributed by atoms with Gasteiger partial charge in [-0.2, -0.15) is 0 Å². The van der Waals surface area contributed by atoms with Gasteiger partial charge in [0.25, 0.3) is 5.91 Å². The number of anilines is 3. The van der Waals surface area contributed by atoms with E-state index in [1.54, 1.807) is 4.90 Å². The number of fused-ring (bicyclic) bond motifs is 1. The monoisotopic (exact) mass is 565 g/mol. The first kappa shape index (κ1) is 31.1. The van der Waals surface area contributed by atoms with Crippen LogP contribution in [0.2, 0.25) is 0 Å². The Bertz CT molecular complexity index is 1590. The standard InChI is InChI=1S/C22H17B8F2N9O2/c23-19(24)21(27,28)41(22(29,30)20(25,26)38-19)18(43)9-1-3-39(4-2-9)14-11(32)6-34-7-12(14)36-17(42)13-15(33)37-40-8-10(31)5-35-16(13)40/h5-9,38H,1-4H2,(H2,33,37)(H,36,42). The fourth-order valence-corrected chi connectivity index (χ4v) is 5.29. The number of nitrogens with zero attached hydrogens (tertiary/aromatic N) is 6. The van der Waals surface area contributed by atoms with Crippen molar-refractivity contribution in [1.82, 2.24) is 29.8 Å². The van der Waals surface area contributed by atoms with Crippen LogP contribution >= 0.6 is 0 Å². The number of nitrogen functional groups attached to an aromatic ring is 1. The quantitative estimate of drug-likeness (QED) is 0.284. The molecule has 2 aliphatic rings. The molecule has 0 aromatic carbocycles. The molecule has 16 radical (unpaired) electrons. The van der Waals surface area contributed by atoms with Gasteiger partial charge in [-0.15, -0.1) is 5.10 Å². The first-order valence-electron chi connectivity index (χ1n) is 12.8. The van der Waals surface area contributed by atoms with E-state index in [1.807, 2.05) is 0 Å². The molecule has 3 aromatic heterocycles. The topological polar surface area (TPSA) is 134 Å². The predicted octanol–water partition coefficient (Wildman–Crippen LogP) is -3.15. The third kappa shape index (κ3) is 5.02. The van der Waals surface area contributed by atoms with E-state index in [9.17, 15) is 14.0 Å². The lowest BCUT2D eigenvalue weighted by Crippen LogP contribution is -2.92. The average molecular weight is 564 g/mol. The Labute approximate surface area is 256 Å². The Hall–Kier alpha value is -3.35. The molecule has 2 aliphatic heterocycles. The zero-order valence-electron chi connectivity index (χ0n) is 22.7. The zero-order valence-corrected chi connectivity index (χ0v) is 22.7. The van der Waals surface area contributed by atoms with Gasteiger partial charge in [-0.1, -0.05) is 10.7 Å². The number of carbonyl (C=O) groups excluding carboxylic acids is 2. The van der Waals surface area contributed by atoms with Crippen LogP contribution in [0.3, 0.4) is 0 Å². The van der Waals surface area contributed by atoms with Gasteiger partial charge in [-0.05, 0) is 23.5 Å². The van der Waals surface area contributed by atoms with Crippen molar-refractivity contribution in [2.24, 2.45) is 5.92 Å². The van der Waals surface area contributed by atoms with Crippen molar-refractivity contribution in [2.45, 2.75) is 34.2 Å². The van der Waals surface area contributed by atoms with E-state index in [1.165, 1.54) is 6.20 Å². The molecule has 0 spiro atoms. The molecular weight excluding hydrogens is 547 g/mol. The van der Waals surface area contributed by atoms with E-state index in [0.29, 0.717) is 4.90 Å². The summed E-state index contributed by atoms with van der Waals surface area (Å²) in [4.78, 5) is 36.9. The second-order valence-electron chi connectivity index (χ2n) is 10.7. The number of amides is 2. The van der Waals surface area contributed by atoms with Crippen molar-refractivity contribution in [2.75, 3.05) is 29.0 Å². The van der Waals surface area contributed by atoms with Gasteiger partial charge in [0.1, 0.15) is 11.3 Å². The summed E-state index contributed by atoms with van der Waals surface area (Å²) in [6.45, 7) is 0.228. The van der Waals surface area contributed by atoms with E-state index in [4.69, 9.17) is 68.5 Å². The van der Waals surface area contributed by atoms with Gasteiger partial charge in [0, 0.05) is 19.0 Å². The van der Waals surface area contributed by atoms with Crippen LogP contribution in [-0.4, -0.2) is 134 Å². The summed E-state index contributed by atoms with van der Waals surface area (Å²) < 4.78 is 29.7. The van der Waals surface area contributed by atoms with Crippen molar-refractivity contribution in [1.29, 1.82) is 0 Å². The second kappa shape index (κ2) is 10.4. The smallest absolute Gasteiger partial charge is 0.263 e. The molecule has 21 heteroatoms. The maximum atomic E-state index is 15.2. The molecule has 2 amide bonds. The number of rotatable bonds is 4. The molecule has 0 atom stereocenters. The molecule has 43 heavy (non-hydrogen) atoms. The number of aromatic nitrogens is 4. The summed E-state index contributed by atoms with van der Waals surface area (Å²) in [6.07, 6.45) is 4.36. The lowest BCUT2D eigenvalue weighted by atomic mass is 9.27. The number of hydrogen-bond acceptors (Lipinski definition) is 8. The number of carbonyl (C=O) groups is 2. The highest BCUT2D eigenvalue weighted by molar-refractivity contribution is 6.61. The summed E-state index contributed by atoms with van der Waals surface area (Å²) in [5.41, 5.74) is 5.71. The zero-order chi connectivity index (χ0) is 31.7. The summed E-state index contributed by atoms with van der Waals surface area (Å²) in [6, 6.07) is 0. The maximum absolute atomic E-state index is 15.2. The fourth-order valence-electron chi connectivity index (χ4n) is 5.29. The molecule has 0 unspecified atom stereocenters. The first-order valence-corrected chi connectivity index (χ1v) is 12.8. The van der Waals surface area contributed by atoms with E-state index < -0.39 is 50.7 Å². The molecule has 4 N–H and O–H groups in total. The van der Waals surface area contributed by atoms with Crippen LogP contribution in [0.25, 0.3) is 5.65 Å². The minimum atomic E-state index is -2.33. The molecule has 200 valence electrons. The van der Waals surface area contributed by atoms with Gasteiger partial charge >= 0.3 is 0 Å². The van der Waals surface area contributed by atoms with E-state index in [-0.39, 0.29) is 54.3 Å². The number of nitrogens with one attached hydrogen (secondary N) is 2. The van der Waals surface area contributed by atoms with Gasteiger partial charge in [0.15, 0.2) is 23.1 Å². The van der Waals surface area contributed by atoms with Gasteiger partial charge in [-0.3, -0.25) is 14.6 Å². The Morgan fingerprint density at radius 1 is 0.977 bits per heavy atom. The van der Waals surface area contributed by atoms with Gasteiger partial charge in [0.05, 0.1) is 93.2 Å². The highest BCUT2D eigenvalue weighted by atomic mass is 19.1. The van der Waals surface area contributed by atoms with Gasteiger partial charge in [0.2, 0.25) is 5.91 Å². The molecule has 11 nitrogen and oxygen atoms in total. The summed E-state index contributed by atoms with van der Waals surface area (Å²) in [5, 5.41) is -0.220. The van der Waals surface area contributed by atoms with Crippen LogP contribution in [-0.2, 0) is 4.79 Å². The number of nitrogens with two attached hydrogens (primary N) is 1. The number of hydrogen-bond donors (Lipinski definition) is 3. The van der Waals surface area contributed by atoms with E-state index >= 15 is 4.39 Å². The largest absolute Gasteiger partial charge is 0.381 e. The molecule has 5 rings (SSSR count). The highest BCUT2D eigenvalue weighted by Gasteiger charge is 2.57. The van der Waals surface area contributed by atoms with Crippen LogP contribution in [0.1, 0.15) is 23.2 Å². The van der Waals surface area contributed by atoms with Crippen molar-refractivity contribution in [3.63, 3.8) is 0 Å². The molecule has 2 saturated heterocycles. The lowest BCUT2D eigenvalue weighted by molar-refractivity contribution is -0.143. The van der Waals surface area contributed by atoms with Crippen LogP contribution in [0.15, 0.2) is 24.8 Å². The number of piperidine rings is 1. The molecular formula is C22H17B8F2N9O2. The summed E-state index contributed by atoms with van der Waals surface area (Å²) in [7, 11) is 48.6. The Morgan fingerprint density at radius 3 is 2.19 bits per heavy atom. The predicted molar refractivity (Wildman–Crippen MR) is 161 cm³/mol. The summed E-state index contributed by atoms with van der Waals surface area (Å²) in [5.74, 6) is -3.97. The van der Waals surface area contributed by atoms with Crippen LogP contribution in [0.4, 0.5) is 26.0 Å². The molecule has 5 heterocycles. The highest BCUT2D eigenvalue weighted by Crippen LogP contribution is 2.39. The maximum Gasteiger partial charge on any atom is 0.263 e. The third-order valence-corrected chi connectivity index (χ3v) is 7.68. The minimum Gasteiger partial charge on any atom is -0.381 e. The molecule has 0 saturated carbocycles. The Kier molecular flexibility index (Phi) is 7.50. The summed E-state index contributed by atoms with van der Waals surface area (Å²) >= 11 is 0. The second-order valence-corrected chi connectivity index (χ2v) is 10.7. The van der Waals surface area contributed by atoms with Crippen molar-refractivity contribution >= 4 is 97.4 Å². The van der Waals surface area contributed by atoms with Gasteiger partial charge < -0.3 is 26.2 Å². The van der Waals surface area contributed by atoms with Crippen molar-refractivity contribution in [3.05, 3.63) is 42.0 Å². The molecule has 2 fully saturated rings. The fraction of sp³-hybridized carbons (Fsp3) is 0.409. The Balaban J connectivity index is 1.37. The van der Waals surface area contributed by atoms with Crippen molar-refractivity contribution in [3.8, 4) is 0 Å². The molecule has 0 aliphatic carbocycles. The number of halogens is 2. The third-order valence-electron chi connectivity index (χ3n) is 7.68. The van der Waals surface area contributed by atoms with Crippen molar-refractivity contribution < 1.29 is 18.4 Å². The lowest BCUT2D eigenvalue weighted by Gasteiger charge is -2.71. The average Bonchev–Trinajstić information content (AvgIpc) is 3.22. The van der Waals surface area contributed by atoms with E-state index in [2.05, 4.69) is 25.7 Å². The number of piperazine rings is 1. The number of pyridine rings is 1. The Morgan fingerprint density at radius 2 is 1.58 bits per heavy atom.